The van der Waals surface area contributed by atoms with Gasteiger partial charge in [-0.15, -0.1) is 5.10 Å². The predicted octanol–water partition coefficient (Wildman–Crippen LogP) is 3.39. The van der Waals surface area contributed by atoms with Gasteiger partial charge in [-0.3, -0.25) is 0 Å². The fourth-order valence-electron chi connectivity index (χ4n) is 2.67. The van der Waals surface area contributed by atoms with Gasteiger partial charge in [-0.25, -0.2) is 18.2 Å². The maximum absolute atomic E-state index is 14.2. The van der Waals surface area contributed by atoms with Gasteiger partial charge in [-0.1, -0.05) is 24.3 Å². The number of rotatable bonds is 3. The van der Waals surface area contributed by atoms with Gasteiger partial charge in [0, 0.05) is 17.3 Å². The lowest BCUT2D eigenvalue weighted by Crippen LogP contribution is -2.06. The molecule has 0 spiro atoms. The van der Waals surface area contributed by atoms with Gasteiger partial charge in [0.15, 0.2) is 17.5 Å². The van der Waals surface area contributed by atoms with E-state index >= 15 is 0 Å². The van der Waals surface area contributed by atoms with Gasteiger partial charge >= 0.3 is 0 Å². The Kier molecular flexibility index (Phi) is 4.03. The van der Waals surface area contributed by atoms with Crippen LogP contribution in [0, 0.1) is 17.5 Å². The van der Waals surface area contributed by atoms with Crippen LogP contribution in [-0.4, -0.2) is 25.2 Å². The number of nitrogens with two attached hydrogens (primary N) is 1. The first-order valence-corrected chi connectivity index (χ1v) is 7.80. The molecule has 2 heterocycles. The van der Waals surface area contributed by atoms with Crippen LogP contribution in [0.1, 0.15) is 0 Å². The second-order valence-corrected chi connectivity index (χ2v) is 5.62. The first-order valence-electron chi connectivity index (χ1n) is 7.80. The topological polar surface area (TPSA) is 82.5 Å². The van der Waals surface area contributed by atoms with Crippen LogP contribution in [0.2, 0.25) is 0 Å². The molecule has 0 aliphatic carbocycles. The molecule has 0 unspecified atom stereocenters. The lowest BCUT2D eigenvalue weighted by atomic mass is 10.0. The minimum Gasteiger partial charge on any atom is -0.383 e. The first kappa shape index (κ1) is 16.7. The summed E-state index contributed by atoms with van der Waals surface area (Å²) in [5.74, 6) is -2.49. The minimum absolute atomic E-state index is 0.0442. The van der Waals surface area contributed by atoms with Crippen molar-refractivity contribution in [1.82, 2.24) is 25.2 Å². The molecule has 2 aromatic carbocycles. The molecule has 4 aromatic rings. The van der Waals surface area contributed by atoms with Gasteiger partial charge in [-0.2, -0.15) is 4.68 Å². The fourth-order valence-corrected chi connectivity index (χ4v) is 2.67. The number of tetrazole rings is 1. The second kappa shape index (κ2) is 6.52. The SMILES string of the molecule is Nc1ncc(-c2ccccc2F)cc1-c1nnnn1-c1cccc(F)c1F. The summed E-state index contributed by atoms with van der Waals surface area (Å²) in [6.07, 6.45) is 1.41. The van der Waals surface area contributed by atoms with E-state index in [0.717, 1.165) is 10.7 Å². The third-order valence-corrected chi connectivity index (χ3v) is 3.97. The van der Waals surface area contributed by atoms with Gasteiger partial charge < -0.3 is 5.73 Å². The van der Waals surface area contributed by atoms with Crippen LogP contribution in [0.5, 0.6) is 0 Å². The molecule has 0 saturated heterocycles. The van der Waals surface area contributed by atoms with E-state index in [9.17, 15) is 13.2 Å². The zero-order chi connectivity index (χ0) is 19.0. The number of hydrogen-bond donors (Lipinski definition) is 1. The van der Waals surface area contributed by atoms with Gasteiger partial charge in [0.2, 0.25) is 0 Å². The summed E-state index contributed by atoms with van der Waals surface area (Å²) in [7, 11) is 0. The maximum Gasteiger partial charge on any atom is 0.190 e. The molecule has 134 valence electrons. The molecule has 0 aliphatic rings. The lowest BCUT2D eigenvalue weighted by Gasteiger charge is -2.10. The highest BCUT2D eigenvalue weighted by Crippen LogP contribution is 2.30. The monoisotopic (exact) mass is 368 g/mol. The quantitative estimate of drug-likeness (QED) is 0.599. The van der Waals surface area contributed by atoms with Gasteiger partial charge in [-0.05, 0) is 34.7 Å². The average Bonchev–Trinajstić information content (AvgIpc) is 3.14. The summed E-state index contributed by atoms with van der Waals surface area (Å²) in [5.41, 5.74) is 6.74. The lowest BCUT2D eigenvalue weighted by molar-refractivity contribution is 0.501. The average molecular weight is 368 g/mol. The number of pyridine rings is 1. The predicted molar refractivity (Wildman–Crippen MR) is 92.1 cm³/mol. The number of benzene rings is 2. The molecule has 0 amide bonds. The zero-order valence-electron chi connectivity index (χ0n) is 13.6. The number of halogens is 3. The molecule has 2 aromatic heterocycles. The van der Waals surface area contributed by atoms with E-state index in [1.54, 1.807) is 24.3 Å². The molecule has 0 radical (unpaired) electrons. The van der Waals surface area contributed by atoms with Crippen molar-refractivity contribution in [1.29, 1.82) is 0 Å². The van der Waals surface area contributed by atoms with E-state index < -0.39 is 17.5 Å². The molecule has 9 heteroatoms. The van der Waals surface area contributed by atoms with Gasteiger partial charge in [0.25, 0.3) is 0 Å². The van der Waals surface area contributed by atoms with E-state index in [0.29, 0.717) is 11.1 Å². The summed E-state index contributed by atoms with van der Waals surface area (Å²) in [6.45, 7) is 0. The van der Waals surface area contributed by atoms with Crippen molar-refractivity contribution in [2.75, 3.05) is 5.73 Å². The summed E-state index contributed by atoms with van der Waals surface area (Å²) >= 11 is 0. The molecular weight excluding hydrogens is 357 g/mol. The Labute approximate surface area is 151 Å². The van der Waals surface area contributed by atoms with Crippen molar-refractivity contribution in [3.05, 3.63) is 72.2 Å². The van der Waals surface area contributed by atoms with Crippen molar-refractivity contribution in [2.24, 2.45) is 0 Å². The Morgan fingerprint density at radius 1 is 0.889 bits per heavy atom. The highest BCUT2D eigenvalue weighted by Gasteiger charge is 2.19. The van der Waals surface area contributed by atoms with Crippen LogP contribution in [0.4, 0.5) is 19.0 Å². The summed E-state index contributed by atoms with van der Waals surface area (Å²) in [5, 5.41) is 11.1. The number of aromatic nitrogens is 5. The van der Waals surface area contributed by atoms with Gasteiger partial charge in [0.05, 0.1) is 5.56 Å². The number of nitrogens with zero attached hydrogens (tertiary/aromatic N) is 5. The van der Waals surface area contributed by atoms with Crippen molar-refractivity contribution in [3.63, 3.8) is 0 Å². The second-order valence-electron chi connectivity index (χ2n) is 5.62. The normalized spacial score (nSPS) is 10.9. The molecule has 2 N–H and O–H groups in total. The Balaban J connectivity index is 1.89. The number of nitrogen functional groups attached to an aromatic ring is 1. The standard InChI is InChI=1S/C18H11F3N6/c19-13-5-2-1-4-11(13)10-8-12(17(22)23-9-10)18-24-25-26-27(18)15-7-3-6-14(20)16(15)21/h1-9H,(H2,22,23). The van der Waals surface area contributed by atoms with E-state index in [4.69, 9.17) is 5.73 Å². The maximum atomic E-state index is 14.2. The largest absolute Gasteiger partial charge is 0.383 e. The third-order valence-electron chi connectivity index (χ3n) is 3.97. The van der Waals surface area contributed by atoms with E-state index in [-0.39, 0.29) is 22.9 Å². The van der Waals surface area contributed by atoms with Crippen molar-refractivity contribution >= 4 is 5.82 Å². The Bertz CT molecular complexity index is 1140. The Hall–Kier alpha value is -3.75. The van der Waals surface area contributed by atoms with Crippen molar-refractivity contribution < 1.29 is 13.2 Å². The highest BCUT2D eigenvalue weighted by molar-refractivity contribution is 5.76. The van der Waals surface area contributed by atoms with E-state index in [1.807, 2.05) is 0 Å². The molecule has 27 heavy (non-hydrogen) atoms. The molecule has 6 nitrogen and oxygen atoms in total. The summed E-state index contributed by atoms with van der Waals surface area (Å²) in [6, 6.07) is 11.3. The van der Waals surface area contributed by atoms with Crippen LogP contribution >= 0.6 is 0 Å². The van der Waals surface area contributed by atoms with Crippen LogP contribution in [0.3, 0.4) is 0 Å². The van der Waals surface area contributed by atoms with Crippen molar-refractivity contribution in [2.45, 2.75) is 0 Å². The van der Waals surface area contributed by atoms with Crippen LogP contribution in [0.15, 0.2) is 54.7 Å². The summed E-state index contributed by atoms with van der Waals surface area (Å²) < 4.78 is 42.9. The molecule has 4 rings (SSSR count). The summed E-state index contributed by atoms with van der Waals surface area (Å²) in [4.78, 5) is 4.06. The molecule has 0 aliphatic heterocycles. The van der Waals surface area contributed by atoms with Crippen molar-refractivity contribution in [3.8, 4) is 28.2 Å². The Morgan fingerprint density at radius 3 is 2.48 bits per heavy atom. The first-order chi connectivity index (χ1) is 13.1. The molecule has 0 bridgehead atoms. The molecule has 0 saturated carbocycles. The van der Waals surface area contributed by atoms with Gasteiger partial charge in [0.1, 0.15) is 17.3 Å². The van der Waals surface area contributed by atoms with E-state index in [1.165, 1.54) is 24.4 Å². The molecule has 0 atom stereocenters. The molecular formula is C18H11F3N6. The third kappa shape index (κ3) is 2.88. The number of anilines is 1. The Morgan fingerprint density at radius 2 is 1.67 bits per heavy atom. The smallest absolute Gasteiger partial charge is 0.190 e. The molecule has 0 fully saturated rings. The van der Waals surface area contributed by atoms with Crippen LogP contribution in [-0.2, 0) is 0 Å². The van der Waals surface area contributed by atoms with E-state index in [2.05, 4.69) is 20.5 Å². The van der Waals surface area contributed by atoms with Crippen LogP contribution < -0.4 is 5.73 Å². The highest BCUT2D eigenvalue weighted by atomic mass is 19.2. The minimum atomic E-state index is -1.11. The fraction of sp³-hybridized carbons (Fsp3) is 0. The van der Waals surface area contributed by atoms with Crippen LogP contribution in [0.25, 0.3) is 28.2 Å². The zero-order valence-corrected chi connectivity index (χ0v) is 13.6. The number of hydrogen-bond acceptors (Lipinski definition) is 5.